The molecule has 0 fully saturated rings. The molecule has 4 nitrogen and oxygen atoms in total. The van der Waals surface area contributed by atoms with Gasteiger partial charge in [-0.2, -0.15) is 0 Å². The predicted molar refractivity (Wildman–Crippen MR) is 39.7 cm³/mol. The third-order valence-electron chi connectivity index (χ3n) is 1.00. The Morgan fingerprint density at radius 2 is 2.00 bits per heavy atom. The molecule has 10 heavy (non-hydrogen) atoms. The smallest absolute Gasteiger partial charge is 0.314 e. The summed E-state index contributed by atoms with van der Waals surface area (Å²) in [4.78, 5) is 25.3. The second-order valence-corrected chi connectivity index (χ2v) is 1.75. The fraction of sp³-hybridized carbons (Fsp3) is 0.200. The van der Waals surface area contributed by atoms with Crippen LogP contribution in [-0.4, -0.2) is 9.97 Å². The van der Waals surface area contributed by atoms with Gasteiger partial charge in [0.15, 0.2) is 0 Å². The molecule has 0 saturated carbocycles. The van der Waals surface area contributed by atoms with Gasteiger partial charge in [-0.15, -0.1) is 12.4 Å². The van der Waals surface area contributed by atoms with Crippen molar-refractivity contribution in [2.75, 3.05) is 0 Å². The molecule has 0 spiro atoms. The lowest BCUT2D eigenvalue weighted by atomic mass is 10.4. The first-order valence-electron chi connectivity index (χ1n) is 2.49. The fourth-order valence-corrected chi connectivity index (χ4v) is 0.477. The second-order valence-electron chi connectivity index (χ2n) is 1.75. The van der Waals surface area contributed by atoms with Gasteiger partial charge >= 0.3 is 5.69 Å². The number of aryl methyl sites for hydroxylation is 1. The lowest BCUT2D eigenvalue weighted by Crippen LogP contribution is -2.22. The van der Waals surface area contributed by atoms with Gasteiger partial charge in [-0.3, -0.25) is 9.78 Å². The second kappa shape index (κ2) is 3.22. The predicted octanol–water partition coefficient (Wildman–Crippen LogP) is -0.207. The van der Waals surface area contributed by atoms with Crippen LogP contribution in [0.4, 0.5) is 0 Å². The third kappa shape index (κ3) is 1.73. The van der Waals surface area contributed by atoms with Gasteiger partial charge in [-0.05, 0) is 6.92 Å². The molecule has 1 rings (SSSR count). The van der Waals surface area contributed by atoms with Crippen molar-refractivity contribution in [2.45, 2.75) is 6.92 Å². The number of aromatic nitrogens is 2. The molecule has 0 saturated heterocycles. The van der Waals surface area contributed by atoms with Gasteiger partial charge in [0.25, 0.3) is 5.56 Å². The number of hydrogen-bond acceptors (Lipinski definition) is 2. The van der Waals surface area contributed by atoms with Crippen LogP contribution >= 0.6 is 12.4 Å². The van der Waals surface area contributed by atoms with Crippen molar-refractivity contribution < 1.29 is 0 Å². The van der Waals surface area contributed by atoms with Crippen LogP contribution in [-0.2, 0) is 0 Å². The highest BCUT2D eigenvalue weighted by Crippen LogP contribution is 1.73. The quantitative estimate of drug-likeness (QED) is 0.555. The Bertz CT molecular complexity index is 314. The number of H-pyrrole nitrogens is 2. The van der Waals surface area contributed by atoms with Crippen molar-refractivity contribution in [1.82, 2.24) is 9.97 Å². The van der Waals surface area contributed by atoms with Crippen LogP contribution in [0.25, 0.3) is 0 Å². The standard InChI is InChI=1S/C5H6N2O2.ClH/c1-3-2-6-5(9)7-4(3)8;/h2H,1H3,(H2,6,7,8,9);1H. The van der Waals surface area contributed by atoms with Gasteiger partial charge < -0.3 is 4.98 Å². The van der Waals surface area contributed by atoms with Gasteiger partial charge in [0, 0.05) is 11.8 Å². The highest BCUT2D eigenvalue weighted by molar-refractivity contribution is 5.85. The first kappa shape index (κ1) is 8.97. The number of hydrogen-bond donors (Lipinski definition) is 2. The monoisotopic (exact) mass is 162 g/mol. The Hall–Kier alpha value is -1.03. The average Bonchev–Trinajstić information content (AvgIpc) is 1.80. The highest BCUT2D eigenvalue weighted by atomic mass is 35.5. The van der Waals surface area contributed by atoms with Crippen LogP contribution in [0, 0.1) is 6.92 Å². The minimum atomic E-state index is -0.467. The van der Waals surface area contributed by atoms with E-state index < -0.39 is 5.69 Å². The van der Waals surface area contributed by atoms with E-state index >= 15 is 0 Å². The highest BCUT2D eigenvalue weighted by Gasteiger charge is 1.88. The minimum Gasteiger partial charge on any atom is -0.314 e. The number of rotatable bonds is 0. The molecule has 1 heterocycles. The van der Waals surface area contributed by atoms with Gasteiger partial charge in [0.2, 0.25) is 0 Å². The van der Waals surface area contributed by atoms with Gasteiger partial charge in [0.05, 0.1) is 0 Å². The van der Waals surface area contributed by atoms with E-state index in [1.54, 1.807) is 6.92 Å². The van der Waals surface area contributed by atoms with Crippen molar-refractivity contribution in [3.05, 3.63) is 32.6 Å². The van der Waals surface area contributed by atoms with E-state index in [4.69, 9.17) is 0 Å². The Kier molecular flexibility index (Phi) is 2.89. The van der Waals surface area contributed by atoms with Gasteiger partial charge in [-0.25, -0.2) is 4.79 Å². The molecular formula is C5H7ClN2O2. The van der Waals surface area contributed by atoms with Gasteiger partial charge in [-0.1, -0.05) is 0 Å². The maximum atomic E-state index is 10.6. The molecule has 2 N–H and O–H groups in total. The van der Waals surface area contributed by atoms with E-state index in [-0.39, 0.29) is 18.0 Å². The zero-order chi connectivity index (χ0) is 6.85. The van der Waals surface area contributed by atoms with Crippen LogP contribution < -0.4 is 11.2 Å². The van der Waals surface area contributed by atoms with E-state index in [9.17, 15) is 9.59 Å². The maximum Gasteiger partial charge on any atom is 0.325 e. The summed E-state index contributed by atoms with van der Waals surface area (Å²) in [6.45, 7) is 1.62. The summed E-state index contributed by atoms with van der Waals surface area (Å²) >= 11 is 0. The average molecular weight is 163 g/mol. The summed E-state index contributed by atoms with van der Waals surface area (Å²) < 4.78 is 0. The molecule has 1 aromatic rings. The SMILES string of the molecule is Cc1c[nH]c(=O)[nH]c1=O.Cl. The van der Waals surface area contributed by atoms with E-state index in [0.717, 1.165) is 0 Å². The Labute approximate surface area is 62.7 Å². The topological polar surface area (TPSA) is 65.7 Å². The van der Waals surface area contributed by atoms with Crippen LogP contribution in [0.5, 0.6) is 0 Å². The third-order valence-corrected chi connectivity index (χ3v) is 1.00. The van der Waals surface area contributed by atoms with E-state index in [1.165, 1.54) is 6.20 Å². The molecular weight excluding hydrogens is 156 g/mol. The normalized spacial score (nSPS) is 8.50. The van der Waals surface area contributed by atoms with E-state index in [0.29, 0.717) is 5.56 Å². The van der Waals surface area contributed by atoms with Crippen molar-refractivity contribution in [1.29, 1.82) is 0 Å². The Balaban J connectivity index is 0.000000810. The largest absolute Gasteiger partial charge is 0.325 e. The van der Waals surface area contributed by atoms with E-state index in [2.05, 4.69) is 9.97 Å². The maximum absolute atomic E-state index is 10.6. The molecule has 0 aliphatic rings. The van der Waals surface area contributed by atoms with Crippen LogP contribution in [0.1, 0.15) is 5.56 Å². The summed E-state index contributed by atoms with van der Waals surface area (Å²) in [5, 5.41) is 0. The summed E-state index contributed by atoms with van der Waals surface area (Å²) in [5.74, 6) is 0. The zero-order valence-corrected chi connectivity index (χ0v) is 6.12. The first-order valence-corrected chi connectivity index (χ1v) is 2.49. The molecule has 1 aromatic heterocycles. The lowest BCUT2D eigenvalue weighted by molar-refractivity contribution is 1.01. The van der Waals surface area contributed by atoms with Crippen LogP contribution in [0.15, 0.2) is 15.8 Å². The van der Waals surface area contributed by atoms with Crippen molar-refractivity contribution in [3.63, 3.8) is 0 Å². The molecule has 0 aliphatic carbocycles. The van der Waals surface area contributed by atoms with Crippen molar-refractivity contribution in [3.8, 4) is 0 Å². The molecule has 0 amide bonds. The summed E-state index contributed by atoms with van der Waals surface area (Å²) in [7, 11) is 0. The summed E-state index contributed by atoms with van der Waals surface area (Å²) in [6.07, 6.45) is 1.38. The number of nitrogens with one attached hydrogen (secondary N) is 2. The molecule has 0 bridgehead atoms. The Morgan fingerprint density at radius 1 is 1.40 bits per heavy atom. The van der Waals surface area contributed by atoms with Crippen LogP contribution in [0.2, 0.25) is 0 Å². The molecule has 0 aromatic carbocycles. The van der Waals surface area contributed by atoms with Gasteiger partial charge in [0.1, 0.15) is 0 Å². The van der Waals surface area contributed by atoms with Crippen molar-refractivity contribution in [2.24, 2.45) is 0 Å². The fourth-order valence-electron chi connectivity index (χ4n) is 0.477. The minimum absolute atomic E-state index is 0. The summed E-state index contributed by atoms with van der Waals surface area (Å²) in [5.41, 5.74) is -0.293. The molecule has 56 valence electrons. The lowest BCUT2D eigenvalue weighted by Gasteiger charge is -1.84. The van der Waals surface area contributed by atoms with Crippen LogP contribution in [0.3, 0.4) is 0 Å². The summed E-state index contributed by atoms with van der Waals surface area (Å²) in [6, 6.07) is 0. The van der Waals surface area contributed by atoms with Crippen molar-refractivity contribution >= 4 is 12.4 Å². The molecule has 0 atom stereocenters. The van der Waals surface area contributed by atoms with E-state index in [1.807, 2.05) is 0 Å². The number of halogens is 1. The molecule has 0 radical (unpaired) electrons. The molecule has 0 unspecified atom stereocenters. The molecule has 5 heteroatoms. The first-order chi connectivity index (χ1) is 4.20. The molecule has 0 aliphatic heterocycles. The Morgan fingerprint density at radius 3 is 2.40 bits per heavy atom. The number of aromatic amines is 2. The zero-order valence-electron chi connectivity index (χ0n) is 5.30.